The summed E-state index contributed by atoms with van der Waals surface area (Å²) in [5.41, 5.74) is 2.05. The summed E-state index contributed by atoms with van der Waals surface area (Å²) in [5.74, 6) is 0.954. The van der Waals surface area contributed by atoms with E-state index in [-0.39, 0.29) is 0 Å². The first-order chi connectivity index (χ1) is 8.81. The first kappa shape index (κ1) is 11.6. The van der Waals surface area contributed by atoms with E-state index < -0.39 is 0 Å². The Morgan fingerprint density at radius 1 is 1.00 bits per heavy atom. The van der Waals surface area contributed by atoms with Gasteiger partial charge in [0.05, 0.1) is 6.54 Å². The van der Waals surface area contributed by atoms with Crippen LogP contribution in [-0.2, 0) is 6.54 Å². The van der Waals surface area contributed by atoms with E-state index in [0.717, 1.165) is 22.4 Å². The Morgan fingerprint density at radius 3 is 2.72 bits per heavy atom. The number of rotatable bonds is 3. The van der Waals surface area contributed by atoms with Crippen LogP contribution in [0, 0.1) is 3.57 Å². The SMILES string of the molecule is Ic1cccc(NCc2cc3ccccc3o2)c1. The van der Waals surface area contributed by atoms with Crippen molar-refractivity contribution in [3.05, 3.63) is 63.9 Å². The van der Waals surface area contributed by atoms with E-state index in [0.29, 0.717) is 6.54 Å². The van der Waals surface area contributed by atoms with Gasteiger partial charge in [0.2, 0.25) is 0 Å². The number of furan rings is 1. The molecule has 2 nitrogen and oxygen atoms in total. The van der Waals surface area contributed by atoms with Gasteiger partial charge in [0.1, 0.15) is 11.3 Å². The van der Waals surface area contributed by atoms with Crippen LogP contribution in [0.25, 0.3) is 11.0 Å². The third kappa shape index (κ3) is 2.51. The summed E-state index contributed by atoms with van der Waals surface area (Å²) in [7, 11) is 0. The molecule has 0 saturated heterocycles. The maximum atomic E-state index is 5.76. The van der Waals surface area contributed by atoms with Crippen LogP contribution in [0.1, 0.15) is 5.76 Å². The molecule has 0 aliphatic carbocycles. The molecule has 0 unspecified atom stereocenters. The molecule has 0 spiro atoms. The third-order valence-corrected chi connectivity index (χ3v) is 3.44. The molecule has 90 valence electrons. The van der Waals surface area contributed by atoms with Gasteiger partial charge in [0.25, 0.3) is 0 Å². The summed E-state index contributed by atoms with van der Waals surface area (Å²) in [6, 6.07) is 18.4. The molecule has 3 rings (SSSR count). The lowest BCUT2D eigenvalue weighted by Crippen LogP contribution is -1.97. The lowest BCUT2D eigenvalue weighted by molar-refractivity contribution is 0.559. The van der Waals surface area contributed by atoms with Gasteiger partial charge in [-0.05, 0) is 52.9 Å². The van der Waals surface area contributed by atoms with E-state index in [9.17, 15) is 0 Å². The van der Waals surface area contributed by atoms with Crippen molar-refractivity contribution in [2.24, 2.45) is 0 Å². The van der Waals surface area contributed by atoms with E-state index in [2.05, 4.69) is 58.2 Å². The second kappa shape index (κ2) is 5.02. The molecular formula is C15H12INO. The van der Waals surface area contributed by atoms with Crippen molar-refractivity contribution in [2.45, 2.75) is 6.54 Å². The number of para-hydroxylation sites is 1. The average Bonchev–Trinajstić information content (AvgIpc) is 2.79. The van der Waals surface area contributed by atoms with Crippen LogP contribution in [0.5, 0.6) is 0 Å². The minimum Gasteiger partial charge on any atom is -0.459 e. The molecule has 2 aromatic carbocycles. The summed E-state index contributed by atoms with van der Waals surface area (Å²) in [6.45, 7) is 0.703. The Morgan fingerprint density at radius 2 is 1.89 bits per heavy atom. The number of nitrogens with one attached hydrogen (secondary N) is 1. The molecule has 1 aromatic heterocycles. The van der Waals surface area contributed by atoms with E-state index >= 15 is 0 Å². The predicted molar refractivity (Wildman–Crippen MR) is 82.7 cm³/mol. The van der Waals surface area contributed by atoms with Gasteiger partial charge in [-0.25, -0.2) is 0 Å². The summed E-state index contributed by atoms with van der Waals surface area (Å²) in [5, 5.41) is 4.51. The van der Waals surface area contributed by atoms with Crippen molar-refractivity contribution in [1.29, 1.82) is 0 Å². The predicted octanol–water partition coefficient (Wildman–Crippen LogP) is 4.65. The van der Waals surface area contributed by atoms with Gasteiger partial charge in [0, 0.05) is 14.6 Å². The fraction of sp³-hybridized carbons (Fsp3) is 0.0667. The van der Waals surface area contributed by atoms with Crippen molar-refractivity contribution in [1.82, 2.24) is 0 Å². The van der Waals surface area contributed by atoms with Gasteiger partial charge in [-0.15, -0.1) is 0 Å². The zero-order valence-corrected chi connectivity index (χ0v) is 11.8. The number of halogens is 1. The molecule has 1 heterocycles. The van der Waals surface area contributed by atoms with Crippen LogP contribution in [0.4, 0.5) is 5.69 Å². The van der Waals surface area contributed by atoms with Crippen molar-refractivity contribution in [2.75, 3.05) is 5.32 Å². The van der Waals surface area contributed by atoms with Crippen molar-refractivity contribution in [3.63, 3.8) is 0 Å². The van der Waals surface area contributed by atoms with Gasteiger partial charge in [0.15, 0.2) is 0 Å². The number of fused-ring (bicyclic) bond motifs is 1. The Hall–Kier alpha value is -1.49. The molecule has 3 aromatic rings. The number of benzene rings is 2. The van der Waals surface area contributed by atoms with Gasteiger partial charge < -0.3 is 9.73 Å². The van der Waals surface area contributed by atoms with Crippen molar-refractivity contribution >= 4 is 39.2 Å². The molecule has 0 radical (unpaired) electrons. The standard InChI is InChI=1S/C15H12INO/c16-12-5-3-6-13(9-12)17-10-14-8-11-4-1-2-7-15(11)18-14/h1-9,17H,10H2. The fourth-order valence-electron chi connectivity index (χ4n) is 1.91. The molecule has 0 bridgehead atoms. The molecular weight excluding hydrogens is 337 g/mol. The summed E-state index contributed by atoms with van der Waals surface area (Å²) >= 11 is 2.31. The van der Waals surface area contributed by atoms with E-state index in [1.54, 1.807) is 0 Å². The van der Waals surface area contributed by atoms with Crippen LogP contribution >= 0.6 is 22.6 Å². The Kier molecular flexibility index (Phi) is 3.23. The highest BCUT2D eigenvalue weighted by Crippen LogP contribution is 2.20. The van der Waals surface area contributed by atoms with Crippen molar-refractivity contribution in [3.8, 4) is 0 Å². The first-order valence-electron chi connectivity index (χ1n) is 5.78. The molecule has 3 heteroatoms. The third-order valence-electron chi connectivity index (χ3n) is 2.77. The summed E-state index contributed by atoms with van der Waals surface area (Å²) in [4.78, 5) is 0. The monoisotopic (exact) mass is 349 g/mol. The largest absolute Gasteiger partial charge is 0.459 e. The Labute approximate surface area is 119 Å². The molecule has 0 aliphatic rings. The zero-order chi connectivity index (χ0) is 12.4. The second-order valence-electron chi connectivity index (χ2n) is 4.11. The number of hydrogen-bond acceptors (Lipinski definition) is 2. The van der Waals surface area contributed by atoms with Gasteiger partial charge in [-0.3, -0.25) is 0 Å². The van der Waals surface area contributed by atoms with E-state index in [1.807, 2.05) is 24.3 Å². The van der Waals surface area contributed by atoms with Gasteiger partial charge in [-0.2, -0.15) is 0 Å². The zero-order valence-electron chi connectivity index (χ0n) is 9.69. The van der Waals surface area contributed by atoms with Crippen LogP contribution in [-0.4, -0.2) is 0 Å². The van der Waals surface area contributed by atoms with Crippen LogP contribution in [0.15, 0.2) is 59.0 Å². The normalized spacial score (nSPS) is 10.7. The topological polar surface area (TPSA) is 25.2 Å². The highest BCUT2D eigenvalue weighted by Gasteiger charge is 2.02. The molecule has 0 aliphatic heterocycles. The van der Waals surface area contributed by atoms with Gasteiger partial charge >= 0.3 is 0 Å². The van der Waals surface area contributed by atoms with E-state index in [1.165, 1.54) is 3.57 Å². The quantitative estimate of drug-likeness (QED) is 0.697. The van der Waals surface area contributed by atoms with Gasteiger partial charge in [-0.1, -0.05) is 24.3 Å². The number of anilines is 1. The molecule has 0 fully saturated rings. The Bertz CT molecular complexity index is 642. The molecule has 0 amide bonds. The molecule has 0 atom stereocenters. The smallest absolute Gasteiger partial charge is 0.134 e. The molecule has 0 saturated carbocycles. The highest BCUT2D eigenvalue weighted by atomic mass is 127. The second-order valence-corrected chi connectivity index (χ2v) is 5.36. The number of hydrogen-bond donors (Lipinski definition) is 1. The first-order valence-corrected chi connectivity index (χ1v) is 6.86. The fourth-order valence-corrected chi connectivity index (χ4v) is 2.45. The molecule has 18 heavy (non-hydrogen) atoms. The maximum Gasteiger partial charge on any atom is 0.134 e. The van der Waals surface area contributed by atoms with E-state index in [4.69, 9.17) is 4.42 Å². The maximum absolute atomic E-state index is 5.76. The minimum atomic E-state index is 0.703. The lowest BCUT2D eigenvalue weighted by atomic mass is 10.2. The average molecular weight is 349 g/mol. The Balaban J connectivity index is 1.76. The summed E-state index contributed by atoms with van der Waals surface area (Å²) < 4.78 is 6.98. The molecule has 1 N–H and O–H groups in total. The lowest BCUT2D eigenvalue weighted by Gasteiger charge is -2.04. The minimum absolute atomic E-state index is 0.703. The highest BCUT2D eigenvalue weighted by molar-refractivity contribution is 14.1. The summed E-state index contributed by atoms with van der Waals surface area (Å²) in [6.07, 6.45) is 0. The van der Waals surface area contributed by atoms with Crippen molar-refractivity contribution < 1.29 is 4.42 Å². The van der Waals surface area contributed by atoms with Crippen LogP contribution < -0.4 is 5.32 Å². The van der Waals surface area contributed by atoms with Crippen LogP contribution in [0.2, 0.25) is 0 Å². The van der Waals surface area contributed by atoms with Crippen LogP contribution in [0.3, 0.4) is 0 Å².